The van der Waals surface area contributed by atoms with Gasteiger partial charge in [-0.15, -0.1) is 11.8 Å². The Balaban J connectivity index is 2.26. The van der Waals surface area contributed by atoms with E-state index in [1.54, 1.807) is 30.5 Å². The van der Waals surface area contributed by atoms with E-state index in [1.807, 2.05) is 6.07 Å². The summed E-state index contributed by atoms with van der Waals surface area (Å²) >= 11 is 1.20. The summed E-state index contributed by atoms with van der Waals surface area (Å²) in [5.41, 5.74) is 0.972. The monoisotopic (exact) mass is 351 g/mol. The Kier molecular flexibility index (Phi) is 4.20. The number of fused-ring (bicyclic) bond motifs is 1. The fraction of sp³-hybridized carbons (Fsp3) is 0.0667. The number of benzene rings is 1. The zero-order chi connectivity index (χ0) is 18.0. The molecular formula is C15H9N7O2S. The third-order valence-electron chi connectivity index (χ3n) is 3.35. The van der Waals surface area contributed by atoms with Crippen LogP contribution in [0.4, 0.5) is 17.2 Å². The highest BCUT2D eigenvalue weighted by molar-refractivity contribution is 7.98. The van der Waals surface area contributed by atoms with E-state index in [4.69, 9.17) is 5.26 Å². The minimum Gasteiger partial charge on any atom is -0.339 e. The number of nitro groups is 1. The van der Waals surface area contributed by atoms with Crippen molar-refractivity contribution in [3.8, 4) is 12.1 Å². The molecule has 0 amide bonds. The van der Waals surface area contributed by atoms with Crippen molar-refractivity contribution in [2.24, 2.45) is 0 Å². The predicted molar refractivity (Wildman–Crippen MR) is 90.6 cm³/mol. The van der Waals surface area contributed by atoms with Gasteiger partial charge >= 0.3 is 5.69 Å². The first kappa shape index (κ1) is 16.2. The summed E-state index contributed by atoms with van der Waals surface area (Å²) < 4.78 is 1.22. The highest BCUT2D eigenvalue weighted by Crippen LogP contribution is 2.31. The second kappa shape index (κ2) is 6.47. The Morgan fingerprint density at radius 2 is 2.16 bits per heavy atom. The van der Waals surface area contributed by atoms with Crippen LogP contribution in [0.5, 0.6) is 0 Å². The second-order valence-electron chi connectivity index (χ2n) is 4.80. The Labute approximate surface area is 145 Å². The molecule has 25 heavy (non-hydrogen) atoms. The molecule has 0 atom stereocenters. The first-order valence-electron chi connectivity index (χ1n) is 6.86. The van der Waals surface area contributed by atoms with E-state index in [9.17, 15) is 15.4 Å². The van der Waals surface area contributed by atoms with Crippen LogP contribution in [0.3, 0.4) is 0 Å². The van der Waals surface area contributed by atoms with Crippen LogP contribution in [0.25, 0.3) is 5.65 Å². The molecule has 122 valence electrons. The molecule has 10 heteroatoms. The zero-order valence-corrected chi connectivity index (χ0v) is 13.6. The van der Waals surface area contributed by atoms with Gasteiger partial charge in [0, 0.05) is 5.69 Å². The molecule has 0 spiro atoms. The van der Waals surface area contributed by atoms with Gasteiger partial charge in [-0.25, -0.2) is 4.98 Å². The minimum atomic E-state index is -0.578. The largest absolute Gasteiger partial charge is 0.339 e. The van der Waals surface area contributed by atoms with Crippen LogP contribution in [-0.2, 0) is 0 Å². The van der Waals surface area contributed by atoms with Gasteiger partial charge in [-0.05, 0) is 24.5 Å². The lowest BCUT2D eigenvalue weighted by molar-refractivity contribution is -0.383. The standard InChI is InChI=1S/C15H9N7O2S/c1-25-15-11(7-17)13(19-10-4-2-3-9(5-10)6-16)21-14(20-15)12(8-18-21)22(23)24/h2-5,8,19H,1H3. The highest BCUT2D eigenvalue weighted by atomic mass is 32.2. The van der Waals surface area contributed by atoms with Crippen molar-refractivity contribution < 1.29 is 4.92 Å². The van der Waals surface area contributed by atoms with Crippen LogP contribution >= 0.6 is 11.8 Å². The van der Waals surface area contributed by atoms with Crippen LogP contribution in [0.2, 0.25) is 0 Å². The molecule has 0 unspecified atom stereocenters. The molecule has 1 aromatic carbocycles. The van der Waals surface area contributed by atoms with Gasteiger partial charge in [0.15, 0.2) is 5.82 Å². The summed E-state index contributed by atoms with van der Waals surface area (Å²) in [6.07, 6.45) is 2.81. The fourth-order valence-electron chi connectivity index (χ4n) is 2.26. The van der Waals surface area contributed by atoms with Crippen LogP contribution in [-0.4, -0.2) is 25.8 Å². The molecule has 0 aliphatic rings. The summed E-state index contributed by atoms with van der Waals surface area (Å²) in [7, 11) is 0. The van der Waals surface area contributed by atoms with Crippen molar-refractivity contribution >= 4 is 34.6 Å². The average Bonchev–Trinajstić information content (AvgIpc) is 3.05. The number of thioether (sulfide) groups is 1. The lowest BCUT2D eigenvalue weighted by Crippen LogP contribution is -2.06. The van der Waals surface area contributed by atoms with Crippen molar-refractivity contribution in [3.05, 3.63) is 51.7 Å². The molecule has 3 rings (SSSR count). The maximum atomic E-state index is 11.2. The first-order valence-corrected chi connectivity index (χ1v) is 8.09. The predicted octanol–water partition coefficient (Wildman–Crippen LogP) is 2.85. The Morgan fingerprint density at radius 1 is 1.36 bits per heavy atom. The maximum absolute atomic E-state index is 11.2. The van der Waals surface area contributed by atoms with E-state index in [-0.39, 0.29) is 22.7 Å². The van der Waals surface area contributed by atoms with Gasteiger partial charge in [0.25, 0.3) is 0 Å². The van der Waals surface area contributed by atoms with Gasteiger partial charge in [0.05, 0.1) is 16.6 Å². The Morgan fingerprint density at radius 3 is 2.80 bits per heavy atom. The summed E-state index contributed by atoms with van der Waals surface area (Å²) in [4.78, 5) is 14.8. The smallest absolute Gasteiger partial charge is 0.333 e. The van der Waals surface area contributed by atoms with E-state index in [1.165, 1.54) is 16.3 Å². The van der Waals surface area contributed by atoms with E-state index in [0.29, 0.717) is 16.3 Å². The normalized spacial score (nSPS) is 10.2. The molecule has 2 aromatic heterocycles. The van der Waals surface area contributed by atoms with Gasteiger partial charge in [-0.2, -0.15) is 20.1 Å². The maximum Gasteiger partial charge on any atom is 0.333 e. The number of hydrogen-bond acceptors (Lipinski definition) is 8. The molecule has 0 aliphatic carbocycles. The summed E-state index contributed by atoms with van der Waals surface area (Å²) in [5.74, 6) is 0.250. The molecule has 0 saturated carbocycles. The number of nitrogens with zero attached hydrogens (tertiary/aromatic N) is 6. The number of nitriles is 2. The van der Waals surface area contributed by atoms with Crippen LogP contribution < -0.4 is 5.32 Å². The molecule has 0 fully saturated rings. The van der Waals surface area contributed by atoms with Crippen molar-refractivity contribution in [2.75, 3.05) is 11.6 Å². The highest BCUT2D eigenvalue weighted by Gasteiger charge is 2.23. The summed E-state index contributed by atoms with van der Waals surface area (Å²) in [6.45, 7) is 0. The number of anilines is 2. The SMILES string of the molecule is CSc1nc2c([N+](=O)[O-])cnn2c(Nc2cccc(C#N)c2)c1C#N. The average molecular weight is 351 g/mol. The van der Waals surface area contributed by atoms with Gasteiger partial charge in [-0.1, -0.05) is 6.07 Å². The topological polar surface area (TPSA) is 133 Å². The summed E-state index contributed by atoms with van der Waals surface area (Å²) in [6, 6.07) is 10.7. The van der Waals surface area contributed by atoms with Crippen molar-refractivity contribution in [1.29, 1.82) is 10.5 Å². The molecular weight excluding hydrogens is 342 g/mol. The van der Waals surface area contributed by atoms with E-state index in [0.717, 1.165) is 6.20 Å². The number of aromatic nitrogens is 3. The third kappa shape index (κ3) is 2.82. The molecule has 1 N–H and O–H groups in total. The van der Waals surface area contributed by atoms with E-state index >= 15 is 0 Å². The van der Waals surface area contributed by atoms with E-state index in [2.05, 4.69) is 21.5 Å². The van der Waals surface area contributed by atoms with Crippen LogP contribution in [0.1, 0.15) is 11.1 Å². The molecule has 0 aliphatic heterocycles. The Bertz CT molecular complexity index is 1080. The quantitative estimate of drug-likeness (QED) is 0.328. The van der Waals surface area contributed by atoms with Crippen LogP contribution in [0.15, 0.2) is 35.5 Å². The van der Waals surface area contributed by atoms with Crippen molar-refractivity contribution in [3.63, 3.8) is 0 Å². The number of nitrogens with one attached hydrogen (secondary N) is 1. The van der Waals surface area contributed by atoms with Gasteiger partial charge < -0.3 is 5.32 Å². The molecule has 0 bridgehead atoms. The number of rotatable bonds is 4. The Hall–Kier alpha value is -3.63. The third-order valence-corrected chi connectivity index (χ3v) is 4.03. The molecule has 0 saturated heterocycles. The number of hydrogen-bond donors (Lipinski definition) is 1. The summed E-state index contributed by atoms with van der Waals surface area (Å²) in [5, 5.41) is 37.0. The van der Waals surface area contributed by atoms with E-state index < -0.39 is 4.92 Å². The molecule has 0 radical (unpaired) electrons. The molecule has 3 aromatic rings. The van der Waals surface area contributed by atoms with Crippen molar-refractivity contribution in [2.45, 2.75) is 5.03 Å². The first-order chi connectivity index (χ1) is 12.1. The molecule has 2 heterocycles. The second-order valence-corrected chi connectivity index (χ2v) is 5.59. The molecule has 9 nitrogen and oxygen atoms in total. The van der Waals surface area contributed by atoms with Crippen LogP contribution in [0, 0.1) is 32.8 Å². The fourth-order valence-corrected chi connectivity index (χ4v) is 2.78. The lowest BCUT2D eigenvalue weighted by atomic mass is 10.2. The zero-order valence-electron chi connectivity index (χ0n) is 12.8. The van der Waals surface area contributed by atoms with Gasteiger partial charge in [-0.3, -0.25) is 10.1 Å². The van der Waals surface area contributed by atoms with Crippen molar-refractivity contribution in [1.82, 2.24) is 14.6 Å². The van der Waals surface area contributed by atoms with Gasteiger partial charge in [0.1, 0.15) is 22.9 Å². The minimum absolute atomic E-state index is 0.0345. The lowest BCUT2D eigenvalue weighted by Gasteiger charge is -2.12. The van der Waals surface area contributed by atoms with Gasteiger partial charge in [0.2, 0.25) is 5.65 Å².